The number of benzene rings is 1. The average Bonchev–Trinajstić information content (AvgIpc) is 3.55. The number of anilines is 1. The predicted octanol–water partition coefficient (Wildman–Crippen LogP) is 3.64. The zero-order valence-corrected chi connectivity index (χ0v) is 16.8. The van der Waals surface area contributed by atoms with Crippen LogP contribution in [0.25, 0.3) is 33.4 Å². The zero-order valence-electron chi connectivity index (χ0n) is 16.8. The number of pyridine rings is 2. The van der Waals surface area contributed by atoms with Crippen molar-refractivity contribution in [2.24, 2.45) is 5.92 Å². The summed E-state index contributed by atoms with van der Waals surface area (Å²) in [5.74, 6) is 2.54. The minimum absolute atomic E-state index is 0.138. The van der Waals surface area contributed by atoms with E-state index in [1.54, 1.807) is 19.1 Å². The van der Waals surface area contributed by atoms with Crippen LogP contribution in [0.2, 0.25) is 0 Å². The number of phenolic OH excluding ortho intramolecular Hbond substituents is 1. The minimum Gasteiger partial charge on any atom is -0.507 e. The van der Waals surface area contributed by atoms with E-state index in [1.165, 1.54) is 12.8 Å². The Morgan fingerprint density at radius 2 is 1.87 bits per heavy atom. The van der Waals surface area contributed by atoms with Crippen LogP contribution in [0.15, 0.2) is 40.8 Å². The standard InChI is InChI=1S/C23H23N5O2/c1-13-25-19-11-21(29)15(10-22(19)30-13)16-4-5-18-17(26-16)6-7-23(27-18)28-9-8-24-20(12-28)14-2-3-14/h4-7,10-11,14,20,24,29H,2-3,8-9,12H2,1H3/t20-/m0/s1. The van der Waals surface area contributed by atoms with Gasteiger partial charge in [-0.15, -0.1) is 0 Å². The lowest BCUT2D eigenvalue weighted by Crippen LogP contribution is -2.52. The summed E-state index contributed by atoms with van der Waals surface area (Å²) in [6.07, 6.45) is 2.69. The van der Waals surface area contributed by atoms with E-state index in [2.05, 4.69) is 21.3 Å². The Hall–Kier alpha value is -3.19. The summed E-state index contributed by atoms with van der Waals surface area (Å²) in [6, 6.07) is 11.9. The number of hydrogen-bond acceptors (Lipinski definition) is 7. The molecule has 2 fully saturated rings. The van der Waals surface area contributed by atoms with Gasteiger partial charge in [-0.2, -0.15) is 0 Å². The van der Waals surface area contributed by atoms with Gasteiger partial charge in [0.05, 0.1) is 16.7 Å². The number of piperazine rings is 1. The summed E-state index contributed by atoms with van der Waals surface area (Å²) in [4.78, 5) is 16.3. The van der Waals surface area contributed by atoms with E-state index in [4.69, 9.17) is 14.4 Å². The number of nitrogens with one attached hydrogen (secondary N) is 1. The lowest BCUT2D eigenvalue weighted by molar-refractivity contribution is 0.417. The molecule has 1 aliphatic heterocycles. The Morgan fingerprint density at radius 3 is 2.73 bits per heavy atom. The van der Waals surface area contributed by atoms with E-state index in [0.29, 0.717) is 34.3 Å². The largest absolute Gasteiger partial charge is 0.507 e. The highest BCUT2D eigenvalue weighted by Gasteiger charge is 2.34. The summed E-state index contributed by atoms with van der Waals surface area (Å²) in [7, 11) is 0. The fourth-order valence-corrected chi connectivity index (χ4v) is 4.41. The van der Waals surface area contributed by atoms with E-state index >= 15 is 0 Å². The van der Waals surface area contributed by atoms with Crippen LogP contribution in [0.1, 0.15) is 18.7 Å². The summed E-state index contributed by atoms with van der Waals surface area (Å²) in [5.41, 5.74) is 4.24. The third-order valence-corrected chi connectivity index (χ3v) is 6.14. The molecule has 30 heavy (non-hydrogen) atoms. The second-order valence-electron chi connectivity index (χ2n) is 8.32. The first-order chi connectivity index (χ1) is 14.6. The molecule has 3 aromatic heterocycles. The van der Waals surface area contributed by atoms with Gasteiger partial charge in [0.2, 0.25) is 0 Å². The van der Waals surface area contributed by atoms with Crippen molar-refractivity contribution in [3.63, 3.8) is 0 Å². The number of phenols is 1. The van der Waals surface area contributed by atoms with Crippen LogP contribution >= 0.6 is 0 Å². The molecule has 4 heterocycles. The molecule has 0 amide bonds. The Morgan fingerprint density at radius 1 is 1.03 bits per heavy atom. The molecule has 2 aliphatic rings. The van der Waals surface area contributed by atoms with E-state index in [9.17, 15) is 5.11 Å². The van der Waals surface area contributed by atoms with E-state index in [1.807, 2.05) is 18.2 Å². The van der Waals surface area contributed by atoms with E-state index < -0.39 is 0 Å². The lowest BCUT2D eigenvalue weighted by atomic mass is 10.1. The van der Waals surface area contributed by atoms with Crippen molar-refractivity contribution in [2.75, 3.05) is 24.5 Å². The highest BCUT2D eigenvalue weighted by molar-refractivity contribution is 5.86. The first kappa shape index (κ1) is 17.7. The van der Waals surface area contributed by atoms with Crippen molar-refractivity contribution in [2.45, 2.75) is 25.8 Å². The van der Waals surface area contributed by atoms with E-state index in [-0.39, 0.29) is 5.75 Å². The van der Waals surface area contributed by atoms with Crippen molar-refractivity contribution in [1.82, 2.24) is 20.3 Å². The first-order valence-electron chi connectivity index (χ1n) is 10.5. The van der Waals surface area contributed by atoms with E-state index in [0.717, 1.165) is 42.4 Å². The Bertz CT molecular complexity index is 1260. The summed E-state index contributed by atoms with van der Waals surface area (Å²) in [6.45, 7) is 4.78. The van der Waals surface area contributed by atoms with Gasteiger partial charge in [-0.3, -0.25) is 0 Å². The molecule has 7 heteroatoms. The summed E-state index contributed by atoms with van der Waals surface area (Å²) >= 11 is 0. The fourth-order valence-electron chi connectivity index (χ4n) is 4.41. The number of hydrogen-bond donors (Lipinski definition) is 2. The summed E-state index contributed by atoms with van der Waals surface area (Å²) in [5, 5.41) is 14.1. The fraction of sp³-hybridized carbons (Fsp3) is 0.348. The van der Waals surface area contributed by atoms with Gasteiger partial charge in [0.25, 0.3) is 0 Å². The third-order valence-electron chi connectivity index (χ3n) is 6.14. The molecule has 1 atom stereocenters. The molecule has 152 valence electrons. The number of aryl methyl sites for hydroxylation is 1. The van der Waals surface area contributed by atoms with Crippen LogP contribution in [-0.2, 0) is 0 Å². The van der Waals surface area contributed by atoms with Crippen LogP contribution in [0.4, 0.5) is 5.82 Å². The number of aromatic nitrogens is 3. The van der Waals surface area contributed by atoms with Gasteiger partial charge in [-0.1, -0.05) is 0 Å². The van der Waals surface area contributed by atoms with Gasteiger partial charge >= 0.3 is 0 Å². The molecule has 0 spiro atoms. The maximum Gasteiger partial charge on any atom is 0.192 e. The van der Waals surface area contributed by atoms with Gasteiger partial charge < -0.3 is 19.7 Å². The maximum atomic E-state index is 10.5. The van der Waals surface area contributed by atoms with Gasteiger partial charge in [-0.05, 0) is 49.1 Å². The molecule has 1 saturated heterocycles. The highest BCUT2D eigenvalue weighted by atomic mass is 16.3. The number of fused-ring (bicyclic) bond motifs is 2. The zero-order chi connectivity index (χ0) is 20.2. The quantitative estimate of drug-likeness (QED) is 0.542. The van der Waals surface area contributed by atoms with Gasteiger partial charge in [0, 0.05) is 44.2 Å². The van der Waals surface area contributed by atoms with Crippen LogP contribution in [0, 0.1) is 12.8 Å². The Labute approximate surface area is 173 Å². The molecule has 0 bridgehead atoms. The van der Waals surface area contributed by atoms with Crippen LogP contribution in [-0.4, -0.2) is 45.7 Å². The number of rotatable bonds is 3. The SMILES string of the molecule is Cc1nc2cc(O)c(-c3ccc4nc(N5CCN[C@H](C6CC6)C5)ccc4n3)cc2o1. The van der Waals surface area contributed by atoms with Gasteiger partial charge in [0.1, 0.15) is 17.1 Å². The van der Waals surface area contributed by atoms with Crippen molar-refractivity contribution in [3.05, 3.63) is 42.3 Å². The van der Waals surface area contributed by atoms with Gasteiger partial charge in [-0.25, -0.2) is 15.0 Å². The molecule has 6 rings (SSSR count). The summed E-state index contributed by atoms with van der Waals surface area (Å²) < 4.78 is 5.61. The molecule has 0 unspecified atom stereocenters. The number of aromatic hydroxyl groups is 1. The number of nitrogens with zero attached hydrogens (tertiary/aromatic N) is 4. The van der Waals surface area contributed by atoms with Crippen LogP contribution in [0.5, 0.6) is 5.75 Å². The Kier molecular flexibility index (Phi) is 3.92. The molecule has 1 aliphatic carbocycles. The van der Waals surface area contributed by atoms with Crippen LogP contribution < -0.4 is 10.2 Å². The van der Waals surface area contributed by atoms with Crippen molar-refractivity contribution in [3.8, 4) is 17.0 Å². The molecule has 7 nitrogen and oxygen atoms in total. The predicted molar refractivity (Wildman–Crippen MR) is 116 cm³/mol. The van der Waals surface area contributed by atoms with Crippen molar-refractivity contribution >= 4 is 28.0 Å². The minimum atomic E-state index is 0.138. The highest BCUT2D eigenvalue weighted by Crippen LogP contribution is 2.35. The van der Waals surface area contributed by atoms with Crippen molar-refractivity contribution in [1.29, 1.82) is 0 Å². The smallest absolute Gasteiger partial charge is 0.192 e. The molecule has 2 N–H and O–H groups in total. The second kappa shape index (κ2) is 6.67. The molecule has 1 aromatic carbocycles. The monoisotopic (exact) mass is 401 g/mol. The molecular formula is C23H23N5O2. The topological polar surface area (TPSA) is 87.3 Å². The van der Waals surface area contributed by atoms with Crippen molar-refractivity contribution < 1.29 is 9.52 Å². The molecule has 4 aromatic rings. The first-order valence-corrected chi connectivity index (χ1v) is 10.5. The lowest BCUT2D eigenvalue weighted by Gasteiger charge is -2.34. The molecule has 1 saturated carbocycles. The second-order valence-corrected chi connectivity index (χ2v) is 8.32. The van der Waals surface area contributed by atoms with Crippen LogP contribution in [0.3, 0.4) is 0 Å². The normalized spacial score (nSPS) is 19.6. The molecular weight excluding hydrogens is 378 g/mol. The van der Waals surface area contributed by atoms with Gasteiger partial charge in [0.15, 0.2) is 11.5 Å². The molecule has 0 radical (unpaired) electrons. The number of oxazole rings is 1. The maximum absolute atomic E-state index is 10.5. The Balaban J connectivity index is 1.33. The third kappa shape index (κ3) is 3.06. The average molecular weight is 401 g/mol.